The molecule has 5 heteroatoms. The van der Waals surface area contributed by atoms with E-state index in [2.05, 4.69) is 5.32 Å². The molecule has 1 heterocycles. The first-order chi connectivity index (χ1) is 10.2. The maximum Gasteiger partial charge on any atom is 0.329 e. The maximum atomic E-state index is 12.5. The van der Waals surface area contributed by atoms with Crippen molar-refractivity contribution in [1.82, 2.24) is 5.32 Å². The van der Waals surface area contributed by atoms with E-state index in [1.165, 1.54) is 4.90 Å². The van der Waals surface area contributed by atoms with Gasteiger partial charge in [0, 0.05) is 5.39 Å². The van der Waals surface area contributed by atoms with Crippen molar-refractivity contribution in [3.63, 3.8) is 0 Å². The van der Waals surface area contributed by atoms with Gasteiger partial charge in [-0.3, -0.25) is 4.79 Å². The molecule has 1 aliphatic rings. The smallest absolute Gasteiger partial charge is 0.325 e. The van der Waals surface area contributed by atoms with Gasteiger partial charge in [0.25, 0.3) is 5.91 Å². The Morgan fingerprint density at radius 1 is 1.14 bits per heavy atom. The average Bonchev–Trinajstić information content (AvgIpc) is 2.79. The summed E-state index contributed by atoms with van der Waals surface area (Å²) in [5.41, 5.74) is 0.655. The van der Waals surface area contributed by atoms with Crippen molar-refractivity contribution in [3.8, 4) is 0 Å². The molecule has 1 atom stereocenters. The summed E-state index contributed by atoms with van der Waals surface area (Å²) in [5.74, 6) is 0.686. The number of nitrogens with zero attached hydrogens (tertiary/aromatic N) is 1. The highest BCUT2D eigenvalue weighted by Crippen LogP contribution is 2.29. The second-order valence-corrected chi connectivity index (χ2v) is 5.94. The van der Waals surface area contributed by atoms with Crippen molar-refractivity contribution in [1.29, 1.82) is 0 Å². The molecule has 0 aromatic heterocycles. The number of hydrogen-bond donors (Lipinski definition) is 1. The summed E-state index contributed by atoms with van der Waals surface area (Å²) in [6.07, 6.45) is 2.65. The molecule has 2 aromatic rings. The van der Waals surface area contributed by atoms with Gasteiger partial charge in [0.1, 0.15) is 6.04 Å². The van der Waals surface area contributed by atoms with Crippen LogP contribution in [0.5, 0.6) is 0 Å². The predicted molar refractivity (Wildman–Crippen MR) is 86.8 cm³/mol. The van der Waals surface area contributed by atoms with E-state index in [4.69, 9.17) is 0 Å². The van der Waals surface area contributed by atoms with Crippen LogP contribution in [0.2, 0.25) is 0 Å². The normalized spacial score (nSPS) is 18.3. The molecule has 2 aromatic carbocycles. The van der Waals surface area contributed by atoms with E-state index in [9.17, 15) is 9.59 Å². The molecule has 0 bridgehead atoms. The molecule has 0 spiro atoms. The van der Waals surface area contributed by atoms with Crippen molar-refractivity contribution in [3.05, 3.63) is 42.5 Å². The van der Waals surface area contributed by atoms with Crippen LogP contribution in [0, 0.1) is 0 Å². The lowest BCUT2D eigenvalue weighted by Crippen LogP contribution is -2.31. The van der Waals surface area contributed by atoms with Gasteiger partial charge in [-0.25, -0.2) is 9.69 Å². The Labute approximate surface area is 127 Å². The largest absolute Gasteiger partial charge is 0.329 e. The standard InChI is InChI=1S/C16H16N2O2S/c1-21-10-9-13-15(19)18(16(20)17-13)14-8-4-6-11-5-2-3-7-12(11)14/h2-8,13H,9-10H2,1H3,(H,17,20). The Morgan fingerprint density at radius 2 is 1.90 bits per heavy atom. The molecule has 1 aliphatic heterocycles. The Balaban J connectivity index is 1.99. The van der Waals surface area contributed by atoms with Crippen LogP contribution in [-0.4, -0.2) is 30.0 Å². The molecule has 1 N–H and O–H groups in total. The molecule has 0 saturated carbocycles. The fraction of sp³-hybridized carbons (Fsp3) is 0.250. The lowest BCUT2D eigenvalue weighted by molar-refractivity contribution is -0.118. The highest BCUT2D eigenvalue weighted by Gasteiger charge is 2.39. The van der Waals surface area contributed by atoms with E-state index in [-0.39, 0.29) is 11.9 Å². The summed E-state index contributed by atoms with van der Waals surface area (Å²) in [6, 6.07) is 12.7. The highest BCUT2D eigenvalue weighted by molar-refractivity contribution is 7.98. The zero-order valence-electron chi connectivity index (χ0n) is 11.7. The summed E-state index contributed by atoms with van der Waals surface area (Å²) >= 11 is 1.67. The number of carbonyl (C=O) groups excluding carboxylic acids is 2. The van der Waals surface area contributed by atoms with Crippen molar-refractivity contribution in [2.45, 2.75) is 12.5 Å². The van der Waals surface area contributed by atoms with Crippen LogP contribution < -0.4 is 10.2 Å². The number of benzene rings is 2. The Morgan fingerprint density at radius 3 is 2.71 bits per heavy atom. The predicted octanol–water partition coefficient (Wildman–Crippen LogP) is 3.02. The third-order valence-corrected chi connectivity index (χ3v) is 4.28. The van der Waals surface area contributed by atoms with Crippen LogP contribution in [0.3, 0.4) is 0 Å². The zero-order chi connectivity index (χ0) is 14.8. The number of imide groups is 1. The first kappa shape index (κ1) is 13.9. The van der Waals surface area contributed by atoms with Gasteiger partial charge in [-0.15, -0.1) is 0 Å². The van der Waals surface area contributed by atoms with E-state index in [0.717, 1.165) is 16.5 Å². The minimum Gasteiger partial charge on any atom is -0.325 e. The van der Waals surface area contributed by atoms with Crippen LogP contribution >= 0.6 is 11.8 Å². The third kappa shape index (κ3) is 2.49. The van der Waals surface area contributed by atoms with Crippen LogP contribution in [0.1, 0.15) is 6.42 Å². The topological polar surface area (TPSA) is 49.4 Å². The fourth-order valence-electron chi connectivity index (χ4n) is 2.59. The number of urea groups is 1. The first-order valence-electron chi connectivity index (χ1n) is 6.83. The second-order valence-electron chi connectivity index (χ2n) is 4.96. The highest BCUT2D eigenvalue weighted by atomic mass is 32.2. The van der Waals surface area contributed by atoms with Gasteiger partial charge in [-0.2, -0.15) is 11.8 Å². The summed E-state index contributed by atoms with van der Waals surface area (Å²) in [5, 5.41) is 4.70. The van der Waals surface area contributed by atoms with Crippen LogP contribution in [0.15, 0.2) is 42.5 Å². The summed E-state index contributed by atoms with van der Waals surface area (Å²) in [4.78, 5) is 26.0. The van der Waals surface area contributed by atoms with Crippen LogP contribution in [-0.2, 0) is 4.79 Å². The SMILES string of the molecule is CSCCC1NC(=O)N(c2cccc3ccccc23)C1=O. The molecule has 1 saturated heterocycles. The average molecular weight is 300 g/mol. The molecule has 108 valence electrons. The lowest BCUT2D eigenvalue weighted by Gasteiger charge is -2.15. The monoisotopic (exact) mass is 300 g/mol. The van der Waals surface area contributed by atoms with Gasteiger partial charge < -0.3 is 5.32 Å². The zero-order valence-corrected chi connectivity index (χ0v) is 12.5. The minimum atomic E-state index is -0.413. The van der Waals surface area contributed by atoms with Gasteiger partial charge in [0.15, 0.2) is 0 Å². The van der Waals surface area contributed by atoms with Crippen molar-refractivity contribution in [2.75, 3.05) is 16.9 Å². The van der Waals surface area contributed by atoms with Crippen LogP contribution in [0.25, 0.3) is 10.8 Å². The van der Waals surface area contributed by atoms with Crippen molar-refractivity contribution < 1.29 is 9.59 Å². The Bertz CT molecular complexity index is 696. The molecule has 3 rings (SSSR count). The molecule has 4 nitrogen and oxygen atoms in total. The number of thioether (sulfide) groups is 1. The number of nitrogens with one attached hydrogen (secondary N) is 1. The number of anilines is 1. The second kappa shape index (κ2) is 5.77. The molecule has 1 unspecified atom stereocenters. The number of hydrogen-bond acceptors (Lipinski definition) is 3. The molecular weight excluding hydrogens is 284 g/mol. The van der Waals surface area contributed by atoms with E-state index in [1.54, 1.807) is 11.8 Å². The van der Waals surface area contributed by atoms with Crippen molar-refractivity contribution in [2.24, 2.45) is 0 Å². The summed E-state index contributed by atoms with van der Waals surface area (Å²) in [6.45, 7) is 0. The third-order valence-electron chi connectivity index (χ3n) is 3.64. The molecule has 0 aliphatic carbocycles. The number of fused-ring (bicyclic) bond motifs is 1. The molecule has 3 amide bonds. The van der Waals surface area contributed by atoms with Gasteiger partial charge >= 0.3 is 6.03 Å². The molecule has 1 fully saturated rings. The van der Waals surface area contributed by atoms with E-state index in [1.807, 2.05) is 48.7 Å². The molecule has 0 radical (unpaired) electrons. The van der Waals surface area contributed by atoms with E-state index >= 15 is 0 Å². The Hall–Kier alpha value is -2.01. The molecule has 21 heavy (non-hydrogen) atoms. The van der Waals surface area contributed by atoms with Gasteiger partial charge in [-0.1, -0.05) is 36.4 Å². The van der Waals surface area contributed by atoms with Gasteiger partial charge in [-0.05, 0) is 29.9 Å². The maximum absolute atomic E-state index is 12.5. The quantitative estimate of drug-likeness (QED) is 0.883. The summed E-state index contributed by atoms with van der Waals surface area (Å²) in [7, 11) is 0. The number of rotatable bonds is 4. The number of carbonyl (C=O) groups is 2. The summed E-state index contributed by atoms with van der Waals surface area (Å²) < 4.78 is 0. The van der Waals surface area contributed by atoms with E-state index in [0.29, 0.717) is 12.1 Å². The van der Waals surface area contributed by atoms with Gasteiger partial charge in [0.05, 0.1) is 5.69 Å². The number of amides is 3. The van der Waals surface area contributed by atoms with Gasteiger partial charge in [0.2, 0.25) is 0 Å². The first-order valence-corrected chi connectivity index (χ1v) is 8.23. The lowest BCUT2D eigenvalue weighted by atomic mass is 10.1. The molecular formula is C16H16N2O2S. The van der Waals surface area contributed by atoms with Crippen LogP contribution in [0.4, 0.5) is 10.5 Å². The minimum absolute atomic E-state index is 0.162. The fourth-order valence-corrected chi connectivity index (χ4v) is 3.07. The van der Waals surface area contributed by atoms with Crippen molar-refractivity contribution >= 4 is 40.2 Å². The van der Waals surface area contributed by atoms with E-state index < -0.39 is 6.04 Å². The Kier molecular flexibility index (Phi) is 3.84.